The predicted molar refractivity (Wildman–Crippen MR) is 58.1 cm³/mol. The molecule has 0 amide bonds. The fourth-order valence-corrected chi connectivity index (χ4v) is 1.60. The minimum absolute atomic E-state index is 0.0313. The summed E-state index contributed by atoms with van der Waals surface area (Å²) in [6, 6.07) is 3.74. The molecule has 0 aliphatic carbocycles. The number of rotatable bonds is 7. The Morgan fingerprint density at radius 2 is 2.44 bits per heavy atom. The van der Waals surface area contributed by atoms with Crippen LogP contribution in [0.4, 0.5) is 0 Å². The van der Waals surface area contributed by atoms with Gasteiger partial charge in [-0.3, -0.25) is 0 Å². The first-order valence-electron chi connectivity index (χ1n) is 5.15. The highest BCUT2D eigenvalue weighted by atomic mass is 16.5. The van der Waals surface area contributed by atoms with E-state index in [-0.39, 0.29) is 18.6 Å². The highest BCUT2D eigenvalue weighted by Crippen LogP contribution is 2.21. The van der Waals surface area contributed by atoms with Crippen LogP contribution in [0.3, 0.4) is 0 Å². The lowest BCUT2D eigenvalue weighted by Crippen LogP contribution is -2.27. The average Bonchev–Trinajstić information content (AvgIpc) is 2.71. The molecule has 1 heterocycles. The Kier molecular flexibility index (Phi) is 5.01. The third kappa shape index (κ3) is 3.67. The van der Waals surface area contributed by atoms with E-state index in [1.165, 1.54) is 0 Å². The summed E-state index contributed by atoms with van der Waals surface area (Å²) in [6.07, 6.45) is 1.62. The highest BCUT2D eigenvalue weighted by molar-refractivity contribution is 5.67. The molecular formula is C11H17NO4. The molecule has 0 bridgehead atoms. The van der Waals surface area contributed by atoms with E-state index in [2.05, 4.69) is 5.32 Å². The van der Waals surface area contributed by atoms with Gasteiger partial charge < -0.3 is 19.6 Å². The molecule has 0 spiro atoms. The Labute approximate surface area is 94.4 Å². The molecule has 0 aliphatic rings. The maximum absolute atomic E-state index is 10.3. The summed E-state index contributed by atoms with van der Waals surface area (Å²) in [4.78, 5) is 10.3. The van der Waals surface area contributed by atoms with Gasteiger partial charge in [0.25, 0.3) is 0 Å². The van der Waals surface area contributed by atoms with Gasteiger partial charge in [0.05, 0.1) is 18.9 Å². The average molecular weight is 227 g/mol. The number of carbonyl (C=O) groups is 1. The Hall–Kier alpha value is -1.33. The molecule has 1 aromatic rings. The van der Waals surface area contributed by atoms with Crippen molar-refractivity contribution in [2.75, 3.05) is 20.3 Å². The monoisotopic (exact) mass is 227 g/mol. The smallest absolute Gasteiger partial charge is 0.329 e. The van der Waals surface area contributed by atoms with Crippen molar-refractivity contribution in [2.45, 2.75) is 13.0 Å². The number of furan rings is 1. The van der Waals surface area contributed by atoms with E-state index in [4.69, 9.17) is 14.3 Å². The van der Waals surface area contributed by atoms with Crippen LogP contribution >= 0.6 is 0 Å². The molecule has 0 aromatic carbocycles. The standard InChI is InChI=1S/C11H17NO4/c1-8(6-15-7-10(13)14)11(12-2)9-4-3-5-16-9/h3-5,8,11-12H,6-7H2,1-2H3,(H,13,14)/t8-,11+/m1/s1. The lowest BCUT2D eigenvalue weighted by atomic mass is 10.0. The molecule has 1 aromatic heterocycles. The number of aliphatic carboxylic acids is 1. The zero-order valence-corrected chi connectivity index (χ0v) is 9.47. The van der Waals surface area contributed by atoms with Crippen LogP contribution in [-0.2, 0) is 9.53 Å². The van der Waals surface area contributed by atoms with Crippen molar-refractivity contribution in [2.24, 2.45) is 5.92 Å². The third-order valence-electron chi connectivity index (χ3n) is 2.34. The minimum atomic E-state index is -0.953. The van der Waals surface area contributed by atoms with Crippen LogP contribution < -0.4 is 5.32 Å². The number of hydrogen-bond donors (Lipinski definition) is 2. The molecule has 2 atom stereocenters. The molecule has 0 unspecified atom stereocenters. The first-order chi connectivity index (χ1) is 7.65. The molecule has 0 aliphatic heterocycles. The molecule has 90 valence electrons. The van der Waals surface area contributed by atoms with E-state index >= 15 is 0 Å². The first kappa shape index (κ1) is 12.7. The molecule has 1 rings (SSSR count). The number of ether oxygens (including phenoxy) is 1. The number of carboxylic acids is 1. The first-order valence-corrected chi connectivity index (χ1v) is 5.15. The van der Waals surface area contributed by atoms with Crippen LogP contribution in [-0.4, -0.2) is 31.3 Å². The second-order valence-corrected chi connectivity index (χ2v) is 3.67. The third-order valence-corrected chi connectivity index (χ3v) is 2.34. The maximum Gasteiger partial charge on any atom is 0.329 e. The Balaban J connectivity index is 2.44. The second-order valence-electron chi connectivity index (χ2n) is 3.67. The molecule has 0 saturated heterocycles. The lowest BCUT2D eigenvalue weighted by molar-refractivity contribution is -0.142. The largest absolute Gasteiger partial charge is 0.480 e. The maximum atomic E-state index is 10.3. The Morgan fingerprint density at radius 1 is 1.69 bits per heavy atom. The van der Waals surface area contributed by atoms with Crippen molar-refractivity contribution in [3.63, 3.8) is 0 Å². The summed E-state index contributed by atoms with van der Waals surface area (Å²) in [5, 5.41) is 11.6. The Bertz CT molecular complexity index is 310. The van der Waals surface area contributed by atoms with Crippen molar-refractivity contribution in [3.05, 3.63) is 24.2 Å². The molecule has 0 fully saturated rings. The van der Waals surface area contributed by atoms with Gasteiger partial charge in [-0.2, -0.15) is 0 Å². The van der Waals surface area contributed by atoms with E-state index < -0.39 is 5.97 Å². The van der Waals surface area contributed by atoms with Crippen molar-refractivity contribution in [3.8, 4) is 0 Å². The van der Waals surface area contributed by atoms with Gasteiger partial charge in [0.1, 0.15) is 12.4 Å². The van der Waals surface area contributed by atoms with Crippen LogP contribution in [0, 0.1) is 5.92 Å². The molecule has 0 radical (unpaired) electrons. The minimum Gasteiger partial charge on any atom is -0.480 e. The topological polar surface area (TPSA) is 71.7 Å². The van der Waals surface area contributed by atoms with Crippen molar-refractivity contribution >= 4 is 5.97 Å². The summed E-state index contributed by atoms with van der Waals surface area (Å²) in [5.74, 6) is 0.00984. The molecule has 16 heavy (non-hydrogen) atoms. The van der Waals surface area contributed by atoms with Gasteiger partial charge in [-0.25, -0.2) is 4.79 Å². The van der Waals surface area contributed by atoms with E-state index in [0.717, 1.165) is 5.76 Å². The highest BCUT2D eigenvalue weighted by Gasteiger charge is 2.20. The van der Waals surface area contributed by atoms with E-state index in [1.54, 1.807) is 6.26 Å². The SMILES string of the molecule is CN[C@H](c1ccco1)[C@H](C)COCC(=O)O. The molecule has 2 N–H and O–H groups in total. The van der Waals surface area contributed by atoms with E-state index in [0.29, 0.717) is 6.61 Å². The normalized spacial score (nSPS) is 14.6. The van der Waals surface area contributed by atoms with Gasteiger partial charge in [0.15, 0.2) is 0 Å². The van der Waals surface area contributed by atoms with Gasteiger partial charge in [0.2, 0.25) is 0 Å². The Morgan fingerprint density at radius 3 is 2.94 bits per heavy atom. The predicted octanol–water partition coefficient (Wildman–Crippen LogP) is 1.28. The summed E-state index contributed by atoms with van der Waals surface area (Å²) in [5.41, 5.74) is 0. The zero-order valence-electron chi connectivity index (χ0n) is 9.47. The van der Waals surface area contributed by atoms with Gasteiger partial charge in [-0.05, 0) is 19.2 Å². The van der Waals surface area contributed by atoms with Gasteiger partial charge in [-0.1, -0.05) is 6.92 Å². The van der Waals surface area contributed by atoms with Crippen molar-refractivity contribution < 1.29 is 19.1 Å². The van der Waals surface area contributed by atoms with Crippen LogP contribution in [0.2, 0.25) is 0 Å². The van der Waals surface area contributed by atoms with E-state index in [9.17, 15) is 4.79 Å². The molecule has 5 heteroatoms. The van der Waals surface area contributed by atoms with Gasteiger partial charge >= 0.3 is 5.97 Å². The van der Waals surface area contributed by atoms with Gasteiger partial charge in [-0.15, -0.1) is 0 Å². The molecule has 5 nitrogen and oxygen atoms in total. The van der Waals surface area contributed by atoms with Crippen LogP contribution in [0.15, 0.2) is 22.8 Å². The van der Waals surface area contributed by atoms with E-state index in [1.807, 2.05) is 26.1 Å². The van der Waals surface area contributed by atoms with Crippen LogP contribution in [0.25, 0.3) is 0 Å². The van der Waals surface area contributed by atoms with Crippen LogP contribution in [0.1, 0.15) is 18.7 Å². The number of hydrogen-bond acceptors (Lipinski definition) is 4. The summed E-state index contributed by atoms with van der Waals surface area (Å²) in [7, 11) is 1.83. The fraction of sp³-hybridized carbons (Fsp3) is 0.545. The number of nitrogens with one attached hydrogen (secondary N) is 1. The van der Waals surface area contributed by atoms with Crippen molar-refractivity contribution in [1.29, 1.82) is 0 Å². The van der Waals surface area contributed by atoms with Crippen molar-refractivity contribution in [1.82, 2.24) is 5.32 Å². The van der Waals surface area contributed by atoms with Crippen LogP contribution in [0.5, 0.6) is 0 Å². The number of carboxylic acid groups (broad SMARTS) is 1. The zero-order chi connectivity index (χ0) is 12.0. The quantitative estimate of drug-likeness (QED) is 0.734. The summed E-state index contributed by atoms with van der Waals surface area (Å²) in [6.45, 7) is 2.09. The fourth-order valence-electron chi connectivity index (χ4n) is 1.60. The molecular weight excluding hydrogens is 210 g/mol. The second kappa shape index (κ2) is 6.30. The summed E-state index contributed by atoms with van der Waals surface area (Å²) < 4.78 is 10.4. The summed E-state index contributed by atoms with van der Waals surface area (Å²) >= 11 is 0. The molecule has 0 saturated carbocycles. The lowest BCUT2D eigenvalue weighted by Gasteiger charge is -2.21. The van der Waals surface area contributed by atoms with Gasteiger partial charge in [0, 0.05) is 5.92 Å².